The average Bonchev–Trinajstić information content (AvgIpc) is 3.62. The van der Waals surface area contributed by atoms with Crippen LogP contribution in [0, 0.1) is 11.8 Å². The molecule has 6 rings (SSSR count). The van der Waals surface area contributed by atoms with Gasteiger partial charge in [-0.3, -0.25) is 14.4 Å². The first-order chi connectivity index (χ1) is 19.4. The Morgan fingerprint density at radius 1 is 1.05 bits per heavy atom. The van der Waals surface area contributed by atoms with E-state index in [0.29, 0.717) is 18.0 Å². The smallest absolute Gasteiger partial charge is 0.246 e. The Morgan fingerprint density at radius 2 is 1.77 bits per heavy atom. The van der Waals surface area contributed by atoms with E-state index in [2.05, 4.69) is 10.6 Å². The van der Waals surface area contributed by atoms with E-state index >= 15 is 0 Å². The second-order valence-corrected chi connectivity index (χ2v) is 11.3. The van der Waals surface area contributed by atoms with E-state index in [0.717, 1.165) is 31.2 Å². The van der Waals surface area contributed by atoms with Crippen LogP contribution in [0.3, 0.4) is 0 Å². The molecule has 3 heterocycles. The van der Waals surface area contributed by atoms with Crippen LogP contribution >= 0.6 is 0 Å². The van der Waals surface area contributed by atoms with E-state index in [4.69, 9.17) is 9.47 Å². The summed E-state index contributed by atoms with van der Waals surface area (Å²) in [5, 5.41) is 6.22. The fourth-order valence-corrected chi connectivity index (χ4v) is 7.07. The summed E-state index contributed by atoms with van der Waals surface area (Å²) in [6.45, 7) is 4.41. The lowest BCUT2D eigenvalue weighted by molar-refractivity contribution is -0.143. The molecule has 0 radical (unpaired) electrons. The summed E-state index contributed by atoms with van der Waals surface area (Å²) in [5.74, 6) is -1.55. The van der Waals surface area contributed by atoms with Gasteiger partial charge in [0.15, 0.2) is 0 Å². The molecular weight excluding hydrogens is 506 g/mol. The van der Waals surface area contributed by atoms with Crippen molar-refractivity contribution >= 4 is 23.4 Å². The molecule has 2 aromatic rings. The summed E-state index contributed by atoms with van der Waals surface area (Å²) in [4.78, 5) is 43.7. The Kier molecular flexibility index (Phi) is 7.13. The van der Waals surface area contributed by atoms with Gasteiger partial charge in [-0.2, -0.15) is 0 Å². The first-order valence-corrected chi connectivity index (χ1v) is 14.5. The lowest BCUT2D eigenvalue weighted by atomic mass is 9.74. The molecule has 2 bridgehead atoms. The minimum Gasteiger partial charge on any atom is -0.494 e. The predicted octanol–water partition coefficient (Wildman–Crippen LogP) is 4.38. The molecule has 3 fully saturated rings. The minimum atomic E-state index is -1.19. The number of likely N-dealkylation sites (tertiary alicyclic amines) is 1. The Morgan fingerprint density at radius 3 is 2.48 bits per heavy atom. The molecule has 6 atom stereocenters. The van der Waals surface area contributed by atoms with Crippen LogP contribution in [-0.4, -0.2) is 53.0 Å². The van der Waals surface area contributed by atoms with Gasteiger partial charge in [-0.25, -0.2) is 0 Å². The third kappa shape index (κ3) is 4.48. The molecule has 3 amide bonds. The summed E-state index contributed by atoms with van der Waals surface area (Å²) in [5.41, 5.74) is 0.349. The number of hydrogen-bond donors (Lipinski definition) is 2. The zero-order chi connectivity index (χ0) is 27.9. The van der Waals surface area contributed by atoms with Crippen LogP contribution in [0.15, 0.2) is 66.7 Å². The normalized spacial score (nSPS) is 29.8. The van der Waals surface area contributed by atoms with Crippen molar-refractivity contribution in [1.29, 1.82) is 0 Å². The van der Waals surface area contributed by atoms with Crippen molar-refractivity contribution in [2.24, 2.45) is 11.8 Å². The highest BCUT2D eigenvalue weighted by atomic mass is 16.5. The van der Waals surface area contributed by atoms with Crippen LogP contribution < -0.4 is 15.4 Å². The molecular formula is C32H37N3O5. The monoisotopic (exact) mass is 543 g/mol. The van der Waals surface area contributed by atoms with Crippen molar-refractivity contribution in [3.8, 4) is 5.75 Å². The van der Waals surface area contributed by atoms with Crippen LogP contribution in [0.25, 0.3) is 0 Å². The van der Waals surface area contributed by atoms with E-state index in [1.165, 1.54) is 6.42 Å². The molecule has 1 spiro atoms. The Bertz CT molecular complexity index is 1290. The minimum absolute atomic E-state index is 0.0852. The number of amides is 3. The second-order valence-electron chi connectivity index (χ2n) is 11.3. The zero-order valence-corrected chi connectivity index (χ0v) is 23.0. The fourth-order valence-electron chi connectivity index (χ4n) is 7.07. The third-order valence-corrected chi connectivity index (χ3v) is 8.95. The Labute approximate surface area is 235 Å². The van der Waals surface area contributed by atoms with Crippen molar-refractivity contribution in [2.45, 2.75) is 75.8 Å². The predicted molar refractivity (Wildman–Crippen MR) is 150 cm³/mol. The van der Waals surface area contributed by atoms with Crippen LogP contribution in [0.2, 0.25) is 0 Å². The van der Waals surface area contributed by atoms with E-state index in [9.17, 15) is 14.4 Å². The highest BCUT2D eigenvalue weighted by Crippen LogP contribution is 2.56. The number of ether oxygens (including phenoxy) is 2. The van der Waals surface area contributed by atoms with Gasteiger partial charge in [-0.15, -0.1) is 0 Å². The summed E-state index contributed by atoms with van der Waals surface area (Å²) in [7, 11) is 0. The second kappa shape index (κ2) is 10.7. The van der Waals surface area contributed by atoms with Gasteiger partial charge in [-0.1, -0.05) is 61.7 Å². The largest absolute Gasteiger partial charge is 0.494 e. The number of anilines is 1. The Balaban J connectivity index is 1.31. The maximum absolute atomic E-state index is 14.3. The lowest BCUT2D eigenvalue weighted by Gasteiger charge is -2.37. The first-order valence-electron chi connectivity index (χ1n) is 14.5. The van der Waals surface area contributed by atoms with Crippen molar-refractivity contribution in [2.75, 3.05) is 11.9 Å². The van der Waals surface area contributed by atoms with Gasteiger partial charge in [0.25, 0.3) is 0 Å². The molecule has 2 N–H and O–H groups in total. The van der Waals surface area contributed by atoms with Crippen molar-refractivity contribution in [3.63, 3.8) is 0 Å². The van der Waals surface area contributed by atoms with E-state index < -0.39 is 29.6 Å². The molecule has 4 unspecified atom stereocenters. The lowest BCUT2D eigenvalue weighted by Crippen LogP contribution is -2.56. The van der Waals surface area contributed by atoms with Gasteiger partial charge in [-0.05, 0) is 56.5 Å². The summed E-state index contributed by atoms with van der Waals surface area (Å²) >= 11 is 0. The van der Waals surface area contributed by atoms with Crippen LogP contribution in [0.5, 0.6) is 5.75 Å². The number of carbonyl (C=O) groups excluding carboxylic acids is 3. The molecule has 210 valence electrons. The summed E-state index contributed by atoms with van der Waals surface area (Å²) in [6.07, 6.45) is 8.35. The molecule has 1 saturated carbocycles. The average molecular weight is 544 g/mol. The number of rotatable bonds is 8. The van der Waals surface area contributed by atoms with Gasteiger partial charge < -0.3 is 25.0 Å². The standard InChI is InChI=1S/C32H37N3O5/c1-3-39-24-16-14-23(15-17-24)33-29(36)26-25-18-19-32(40-25)27(26)31(38)35(20(2)21-10-6-4-7-11-21)28(32)30(37)34-22-12-8-5-9-13-22/h4,6-7,10-11,14-20,22,25-28H,3,5,8-9,12-13H2,1-2H3,(H,33,36)(H,34,37)/t20?,25-,26?,27-,28?,32?/m0/s1. The van der Waals surface area contributed by atoms with Gasteiger partial charge >= 0.3 is 0 Å². The molecule has 3 aliphatic heterocycles. The number of hydrogen-bond acceptors (Lipinski definition) is 5. The number of carbonyl (C=O) groups is 3. The maximum Gasteiger partial charge on any atom is 0.246 e. The first kappa shape index (κ1) is 26.6. The highest BCUT2D eigenvalue weighted by molar-refractivity contribution is 6.03. The maximum atomic E-state index is 14.3. The highest BCUT2D eigenvalue weighted by Gasteiger charge is 2.73. The van der Waals surface area contributed by atoms with Crippen LogP contribution in [0.4, 0.5) is 5.69 Å². The molecule has 2 aromatic carbocycles. The topological polar surface area (TPSA) is 97.0 Å². The van der Waals surface area contributed by atoms with Crippen LogP contribution in [0.1, 0.15) is 57.6 Å². The Hall–Kier alpha value is -3.65. The van der Waals surface area contributed by atoms with E-state index in [1.54, 1.807) is 29.2 Å². The number of nitrogens with zero attached hydrogens (tertiary/aromatic N) is 1. The van der Waals surface area contributed by atoms with Gasteiger partial charge in [0, 0.05) is 11.7 Å². The third-order valence-electron chi connectivity index (χ3n) is 8.95. The number of fused-ring (bicyclic) bond motifs is 1. The molecule has 2 saturated heterocycles. The van der Waals surface area contributed by atoms with Crippen LogP contribution in [-0.2, 0) is 19.1 Å². The molecule has 4 aliphatic rings. The molecule has 40 heavy (non-hydrogen) atoms. The molecule has 0 aromatic heterocycles. The van der Waals surface area contributed by atoms with Crippen molar-refractivity contribution in [3.05, 3.63) is 72.3 Å². The van der Waals surface area contributed by atoms with Crippen molar-refractivity contribution < 1.29 is 23.9 Å². The number of benzene rings is 2. The van der Waals surface area contributed by atoms with Gasteiger partial charge in [0.1, 0.15) is 17.4 Å². The van der Waals surface area contributed by atoms with Gasteiger partial charge in [0.2, 0.25) is 17.7 Å². The fraction of sp³-hybridized carbons (Fsp3) is 0.469. The molecule has 1 aliphatic carbocycles. The van der Waals surface area contributed by atoms with Crippen molar-refractivity contribution in [1.82, 2.24) is 10.2 Å². The number of nitrogens with one attached hydrogen (secondary N) is 2. The zero-order valence-electron chi connectivity index (χ0n) is 23.0. The quantitative estimate of drug-likeness (QED) is 0.482. The van der Waals surface area contributed by atoms with Gasteiger partial charge in [0.05, 0.1) is 30.6 Å². The molecule has 8 heteroatoms. The SMILES string of the molecule is CCOc1ccc(NC(=O)C2[C@@H]3C=CC4(O3)C(C(=O)NC3CCCCC3)N(C(C)c3ccccc3)C(=O)[C@H]24)cc1. The summed E-state index contributed by atoms with van der Waals surface area (Å²) < 4.78 is 12.0. The summed E-state index contributed by atoms with van der Waals surface area (Å²) in [6, 6.07) is 15.7. The molecule has 8 nitrogen and oxygen atoms in total. The van der Waals surface area contributed by atoms with E-state index in [1.807, 2.05) is 56.3 Å². The van der Waals surface area contributed by atoms with E-state index in [-0.39, 0.29) is 29.8 Å².